The summed E-state index contributed by atoms with van der Waals surface area (Å²) in [5.41, 5.74) is 0.947. The van der Waals surface area contributed by atoms with Crippen molar-refractivity contribution in [1.82, 2.24) is 25.5 Å². The van der Waals surface area contributed by atoms with E-state index in [1.54, 1.807) is 12.4 Å². The second-order valence-electron chi connectivity index (χ2n) is 3.93. The summed E-state index contributed by atoms with van der Waals surface area (Å²) in [5, 5.41) is 10.6. The Hall–Kier alpha value is -1.75. The fourth-order valence-electron chi connectivity index (χ4n) is 1.97. The van der Waals surface area contributed by atoms with Crippen molar-refractivity contribution in [3.8, 4) is 11.4 Å². The molecule has 0 unspecified atom stereocenters. The highest BCUT2D eigenvalue weighted by Crippen LogP contribution is 2.21. The third kappa shape index (κ3) is 1.69. The van der Waals surface area contributed by atoms with Gasteiger partial charge in [-0.05, 0) is 31.5 Å². The van der Waals surface area contributed by atoms with E-state index in [-0.39, 0.29) is 0 Å². The summed E-state index contributed by atoms with van der Waals surface area (Å²) in [6.45, 7) is 1.06. The highest BCUT2D eigenvalue weighted by molar-refractivity contribution is 5.52. The molecule has 3 rings (SSSR count). The van der Waals surface area contributed by atoms with Crippen LogP contribution in [0.25, 0.3) is 11.4 Å². The average molecular weight is 215 g/mol. The minimum atomic E-state index is 0.331. The first-order chi connectivity index (χ1) is 7.93. The molecule has 2 aromatic heterocycles. The minimum Gasteiger partial charge on any atom is -0.307 e. The Morgan fingerprint density at radius 2 is 2.38 bits per heavy atom. The molecule has 5 heteroatoms. The van der Waals surface area contributed by atoms with E-state index in [2.05, 4.69) is 25.5 Å². The summed E-state index contributed by atoms with van der Waals surface area (Å²) >= 11 is 0. The van der Waals surface area contributed by atoms with E-state index in [0.29, 0.717) is 6.04 Å². The summed E-state index contributed by atoms with van der Waals surface area (Å²) in [7, 11) is 0. The van der Waals surface area contributed by atoms with Crippen LogP contribution in [0, 0.1) is 0 Å². The lowest BCUT2D eigenvalue weighted by atomic mass is 10.2. The van der Waals surface area contributed by atoms with Gasteiger partial charge in [-0.3, -0.25) is 10.1 Å². The van der Waals surface area contributed by atoms with Gasteiger partial charge in [0.05, 0.1) is 6.04 Å². The topological polar surface area (TPSA) is 66.5 Å². The fourth-order valence-corrected chi connectivity index (χ4v) is 1.97. The van der Waals surface area contributed by atoms with Gasteiger partial charge in [0, 0.05) is 18.0 Å². The number of aromatic amines is 1. The van der Waals surface area contributed by atoms with Gasteiger partial charge >= 0.3 is 0 Å². The van der Waals surface area contributed by atoms with Crippen LogP contribution >= 0.6 is 0 Å². The van der Waals surface area contributed by atoms with Crippen molar-refractivity contribution in [3.05, 3.63) is 30.4 Å². The standard InChI is InChI=1S/C11H13N5/c1-3-8(7-12-5-1)10-14-11(16-15-10)9-4-2-6-13-9/h1,3,5,7,9,13H,2,4,6H2,(H,14,15,16)/t9-/m1/s1. The smallest absolute Gasteiger partial charge is 0.182 e. The van der Waals surface area contributed by atoms with Gasteiger partial charge in [-0.1, -0.05) is 0 Å². The van der Waals surface area contributed by atoms with Crippen molar-refractivity contribution in [2.75, 3.05) is 6.54 Å². The van der Waals surface area contributed by atoms with E-state index < -0.39 is 0 Å². The second-order valence-corrected chi connectivity index (χ2v) is 3.93. The molecule has 0 saturated carbocycles. The zero-order valence-electron chi connectivity index (χ0n) is 8.85. The van der Waals surface area contributed by atoms with Crippen LogP contribution in [-0.2, 0) is 0 Å². The Bertz CT molecular complexity index is 458. The molecule has 0 amide bonds. The van der Waals surface area contributed by atoms with Crippen LogP contribution in [0.15, 0.2) is 24.5 Å². The normalized spacial score (nSPS) is 20.1. The first-order valence-corrected chi connectivity index (χ1v) is 5.49. The summed E-state index contributed by atoms with van der Waals surface area (Å²) in [5.74, 6) is 1.65. The van der Waals surface area contributed by atoms with Crippen molar-refractivity contribution >= 4 is 0 Å². The molecule has 82 valence electrons. The predicted octanol–water partition coefficient (Wildman–Crippen LogP) is 1.29. The molecular weight excluding hydrogens is 202 g/mol. The number of nitrogens with one attached hydrogen (secondary N) is 2. The Morgan fingerprint density at radius 1 is 1.38 bits per heavy atom. The number of nitrogens with zero attached hydrogens (tertiary/aromatic N) is 3. The summed E-state index contributed by atoms with van der Waals surface area (Å²) in [4.78, 5) is 8.55. The van der Waals surface area contributed by atoms with Crippen LogP contribution in [-0.4, -0.2) is 26.7 Å². The Kier molecular flexibility index (Phi) is 2.38. The van der Waals surface area contributed by atoms with Crippen molar-refractivity contribution in [3.63, 3.8) is 0 Å². The number of pyridine rings is 1. The lowest BCUT2D eigenvalue weighted by molar-refractivity contribution is 0.608. The maximum absolute atomic E-state index is 4.49. The van der Waals surface area contributed by atoms with E-state index >= 15 is 0 Å². The summed E-state index contributed by atoms with van der Waals surface area (Å²) in [6.07, 6.45) is 5.85. The Morgan fingerprint density at radius 3 is 3.12 bits per heavy atom. The van der Waals surface area contributed by atoms with Crippen LogP contribution in [0.1, 0.15) is 24.7 Å². The predicted molar refractivity (Wildman–Crippen MR) is 59.6 cm³/mol. The molecule has 2 N–H and O–H groups in total. The van der Waals surface area contributed by atoms with Gasteiger partial charge in [0.25, 0.3) is 0 Å². The van der Waals surface area contributed by atoms with Gasteiger partial charge < -0.3 is 5.32 Å². The molecule has 1 fully saturated rings. The lowest BCUT2D eigenvalue weighted by Gasteiger charge is -2.03. The molecule has 3 heterocycles. The van der Waals surface area contributed by atoms with Crippen LogP contribution in [0.5, 0.6) is 0 Å². The molecular formula is C11H13N5. The number of H-pyrrole nitrogens is 1. The molecule has 0 aromatic carbocycles. The number of rotatable bonds is 2. The van der Waals surface area contributed by atoms with E-state index in [1.165, 1.54) is 6.42 Å². The fraction of sp³-hybridized carbons (Fsp3) is 0.364. The largest absolute Gasteiger partial charge is 0.307 e. The van der Waals surface area contributed by atoms with Crippen LogP contribution in [0.2, 0.25) is 0 Å². The van der Waals surface area contributed by atoms with Gasteiger partial charge in [-0.25, -0.2) is 4.98 Å². The first kappa shape index (κ1) is 9.47. The minimum absolute atomic E-state index is 0.331. The number of hydrogen-bond acceptors (Lipinski definition) is 4. The third-order valence-corrected chi connectivity index (χ3v) is 2.81. The lowest BCUT2D eigenvalue weighted by Crippen LogP contribution is -2.14. The maximum atomic E-state index is 4.49. The molecule has 16 heavy (non-hydrogen) atoms. The van der Waals surface area contributed by atoms with Crippen LogP contribution < -0.4 is 5.32 Å². The molecule has 1 saturated heterocycles. The van der Waals surface area contributed by atoms with E-state index in [4.69, 9.17) is 0 Å². The summed E-state index contributed by atoms with van der Waals surface area (Å²) in [6, 6.07) is 4.18. The second kappa shape index (κ2) is 4.02. The highest BCUT2D eigenvalue weighted by atomic mass is 15.2. The quantitative estimate of drug-likeness (QED) is 0.792. The molecule has 0 spiro atoms. The molecule has 0 radical (unpaired) electrons. The van der Waals surface area contributed by atoms with Gasteiger partial charge in [0.2, 0.25) is 0 Å². The third-order valence-electron chi connectivity index (χ3n) is 2.81. The molecule has 0 aliphatic carbocycles. The van der Waals surface area contributed by atoms with E-state index in [9.17, 15) is 0 Å². The van der Waals surface area contributed by atoms with Crippen molar-refractivity contribution in [1.29, 1.82) is 0 Å². The maximum Gasteiger partial charge on any atom is 0.182 e. The SMILES string of the molecule is c1cncc(-c2n[nH]c([C@H]3CCCN3)n2)c1. The van der Waals surface area contributed by atoms with E-state index in [0.717, 1.165) is 30.2 Å². The zero-order chi connectivity index (χ0) is 10.8. The van der Waals surface area contributed by atoms with Gasteiger partial charge in [0.15, 0.2) is 5.82 Å². The van der Waals surface area contributed by atoms with Gasteiger partial charge in [0.1, 0.15) is 5.82 Å². The Labute approximate surface area is 93.3 Å². The van der Waals surface area contributed by atoms with Crippen molar-refractivity contribution < 1.29 is 0 Å². The van der Waals surface area contributed by atoms with Crippen LogP contribution in [0.3, 0.4) is 0 Å². The molecule has 1 aliphatic rings. The van der Waals surface area contributed by atoms with Crippen molar-refractivity contribution in [2.24, 2.45) is 0 Å². The monoisotopic (exact) mass is 215 g/mol. The zero-order valence-corrected chi connectivity index (χ0v) is 8.85. The molecule has 2 aromatic rings. The number of aromatic nitrogens is 4. The molecule has 5 nitrogen and oxygen atoms in total. The average Bonchev–Trinajstić information content (AvgIpc) is 3.01. The highest BCUT2D eigenvalue weighted by Gasteiger charge is 2.19. The van der Waals surface area contributed by atoms with Gasteiger partial charge in [-0.2, -0.15) is 5.10 Å². The molecule has 1 aliphatic heterocycles. The van der Waals surface area contributed by atoms with E-state index in [1.807, 2.05) is 12.1 Å². The first-order valence-electron chi connectivity index (χ1n) is 5.49. The molecule has 1 atom stereocenters. The Balaban J connectivity index is 1.87. The summed E-state index contributed by atoms with van der Waals surface area (Å²) < 4.78 is 0. The van der Waals surface area contributed by atoms with Gasteiger partial charge in [-0.15, -0.1) is 0 Å². The number of hydrogen-bond donors (Lipinski definition) is 2. The van der Waals surface area contributed by atoms with Crippen LogP contribution in [0.4, 0.5) is 0 Å². The molecule has 0 bridgehead atoms. The van der Waals surface area contributed by atoms with Crippen molar-refractivity contribution in [2.45, 2.75) is 18.9 Å².